The number of carbonyl (C=O) groups is 3. The zero-order valence-electron chi connectivity index (χ0n) is 37.4. The van der Waals surface area contributed by atoms with Crippen LogP contribution in [0.2, 0.25) is 0 Å². The maximum absolute atomic E-state index is 12.7. The normalized spacial score (nSPS) is 12.1. The van der Waals surface area contributed by atoms with E-state index in [-0.39, 0.29) is 31.1 Å². The highest BCUT2D eigenvalue weighted by molar-refractivity contribution is 5.71. The SMILES string of the molecule is CCCC/C=C\CCCCCCCC(=O)OCC(COC(=O)CCCCCCC/C=C\CCCCCCCC)OC(=O)CCCCCCCCCCCCCC. The van der Waals surface area contributed by atoms with E-state index < -0.39 is 6.10 Å². The minimum absolute atomic E-state index is 0.0751. The second-order valence-electron chi connectivity index (χ2n) is 16.4. The zero-order valence-corrected chi connectivity index (χ0v) is 37.4. The molecule has 0 radical (unpaired) electrons. The van der Waals surface area contributed by atoms with Gasteiger partial charge in [0.15, 0.2) is 6.10 Å². The van der Waals surface area contributed by atoms with Crippen molar-refractivity contribution in [1.82, 2.24) is 0 Å². The zero-order chi connectivity index (χ0) is 40.8. The molecule has 6 heteroatoms. The molecule has 0 aromatic carbocycles. The molecule has 0 saturated heterocycles. The van der Waals surface area contributed by atoms with E-state index in [9.17, 15) is 14.4 Å². The first kappa shape index (κ1) is 53.9. The monoisotopic (exact) mass is 789 g/mol. The Hall–Kier alpha value is -2.11. The maximum atomic E-state index is 12.7. The predicted octanol–water partition coefficient (Wildman–Crippen LogP) is 15.6. The molecule has 0 amide bonds. The van der Waals surface area contributed by atoms with Crippen LogP contribution >= 0.6 is 0 Å². The third kappa shape index (κ3) is 43.0. The largest absolute Gasteiger partial charge is 0.462 e. The topological polar surface area (TPSA) is 78.9 Å². The molecule has 6 nitrogen and oxygen atoms in total. The van der Waals surface area contributed by atoms with Gasteiger partial charge in [-0.2, -0.15) is 0 Å². The number of unbranched alkanes of at least 4 members (excludes halogenated alkanes) is 29. The van der Waals surface area contributed by atoms with Crippen LogP contribution in [0.15, 0.2) is 24.3 Å². The molecule has 0 aliphatic carbocycles. The summed E-state index contributed by atoms with van der Waals surface area (Å²) in [5, 5.41) is 0. The highest BCUT2D eigenvalue weighted by atomic mass is 16.6. The van der Waals surface area contributed by atoms with Crippen molar-refractivity contribution in [3.63, 3.8) is 0 Å². The number of rotatable bonds is 44. The standard InChI is InChI=1S/C50H92O6/c1-4-7-10-13-16-19-22-24-25-26-29-31-34-37-40-43-49(52)55-46-47(45-54-48(51)42-39-36-33-30-27-21-18-15-12-9-6-3)56-50(53)44-41-38-35-32-28-23-20-17-14-11-8-5-2/h15,18,24-25,47H,4-14,16-17,19-23,26-46H2,1-3H3/b18-15-,25-24-. The van der Waals surface area contributed by atoms with Crippen molar-refractivity contribution in [2.24, 2.45) is 0 Å². The Morgan fingerprint density at radius 2 is 0.607 bits per heavy atom. The third-order valence-electron chi connectivity index (χ3n) is 10.7. The van der Waals surface area contributed by atoms with Crippen molar-refractivity contribution < 1.29 is 28.6 Å². The molecule has 0 N–H and O–H groups in total. The summed E-state index contributed by atoms with van der Waals surface area (Å²) < 4.78 is 16.7. The van der Waals surface area contributed by atoms with Crippen molar-refractivity contribution in [3.05, 3.63) is 24.3 Å². The fourth-order valence-electron chi connectivity index (χ4n) is 6.95. The fraction of sp³-hybridized carbons (Fsp3) is 0.860. The smallest absolute Gasteiger partial charge is 0.306 e. The van der Waals surface area contributed by atoms with Crippen LogP contribution in [0.3, 0.4) is 0 Å². The van der Waals surface area contributed by atoms with Gasteiger partial charge in [-0.15, -0.1) is 0 Å². The number of ether oxygens (including phenoxy) is 3. The summed E-state index contributed by atoms with van der Waals surface area (Å²) in [5.41, 5.74) is 0. The van der Waals surface area contributed by atoms with Crippen LogP contribution in [0.25, 0.3) is 0 Å². The second-order valence-corrected chi connectivity index (χ2v) is 16.4. The molecule has 0 bridgehead atoms. The van der Waals surface area contributed by atoms with E-state index >= 15 is 0 Å². The van der Waals surface area contributed by atoms with Crippen LogP contribution in [0, 0.1) is 0 Å². The third-order valence-corrected chi connectivity index (χ3v) is 10.7. The molecular weight excluding hydrogens is 697 g/mol. The summed E-state index contributed by atoms with van der Waals surface area (Å²) in [6, 6.07) is 0. The Balaban J connectivity index is 4.35. The first-order valence-electron chi connectivity index (χ1n) is 24.3. The van der Waals surface area contributed by atoms with E-state index in [0.29, 0.717) is 19.3 Å². The van der Waals surface area contributed by atoms with Gasteiger partial charge in [-0.05, 0) is 64.2 Å². The molecular formula is C50H92O6. The minimum atomic E-state index is -0.771. The number of esters is 3. The van der Waals surface area contributed by atoms with Crippen molar-refractivity contribution >= 4 is 17.9 Å². The van der Waals surface area contributed by atoms with Gasteiger partial charge < -0.3 is 14.2 Å². The van der Waals surface area contributed by atoms with Crippen molar-refractivity contribution in [2.45, 2.75) is 264 Å². The Morgan fingerprint density at radius 1 is 0.339 bits per heavy atom. The Bertz CT molecular complexity index is 911. The lowest BCUT2D eigenvalue weighted by Crippen LogP contribution is -2.30. The van der Waals surface area contributed by atoms with Crippen LogP contribution < -0.4 is 0 Å². The lowest BCUT2D eigenvalue weighted by atomic mass is 10.0. The van der Waals surface area contributed by atoms with E-state index in [1.165, 1.54) is 148 Å². The van der Waals surface area contributed by atoms with Crippen LogP contribution in [-0.2, 0) is 28.6 Å². The van der Waals surface area contributed by atoms with Gasteiger partial charge in [-0.3, -0.25) is 14.4 Å². The summed E-state index contributed by atoms with van der Waals surface area (Å²) in [6.07, 6.45) is 50.1. The first-order valence-corrected chi connectivity index (χ1v) is 24.3. The van der Waals surface area contributed by atoms with E-state index in [4.69, 9.17) is 14.2 Å². The molecule has 56 heavy (non-hydrogen) atoms. The van der Waals surface area contributed by atoms with Crippen LogP contribution in [0.1, 0.15) is 258 Å². The van der Waals surface area contributed by atoms with E-state index in [0.717, 1.165) is 70.6 Å². The fourth-order valence-corrected chi connectivity index (χ4v) is 6.95. The van der Waals surface area contributed by atoms with Crippen LogP contribution in [-0.4, -0.2) is 37.2 Å². The molecule has 0 aromatic rings. The number of carbonyl (C=O) groups excluding carboxylic acids is 3. The highest BCUT2D eigenvalue weighted by Crippen LogP contribution is 2.15. The molecule has 1 atom stereocenters. The lowest BCUT2D eigenvalue weighted by Gasteiger charge is -2.18. The molecule has 0 spiro atoms. The highest BCUT2D eigenvalue weighted by Gasteiger charge is 2.19. The molecule has 0 saturated carbocycles. The number of hydrogen-bond donors (Lipinski definition) is 0. The van der Waals surface area contributed by atoms with E-state index in [1.807, 2.05) is 0 Å². The summed E-state index contributed by atoms with van der Waals surface area (Å²) in [6.45, 7) is 6.59. The van der Waals surface area contributed by atoms with Crippen molar-refractivity contribution in [3.8, 4) is 0 Å². The summed E-state index contributed by atoms with van der Waals surface area (Å²) in [4.78, 5) is 37.8. The first-order chi connectivity index (χ1) is 27.5. The average molecular weight is 789 g/mol. The molecule has 0 aliphatic rings. The van der Waals surface area contributed by atoms with Gasteiger partial charge in [0, 0.05) is 19.3 Å². The number of allylic oxidation sites excluding steroid dienone is 4. The molecule has 0 heterocycles. The summed E-state index contributed by atoms with van der Waals surface area (Å²) in [7, 11) is 0. The van der Waals surface area contributed by atoms with Crippen LogP contribution in [0.5, 0.6) is 0 Å². The van der Waals surface area contributed by atoms with Crippen molar-refractivity contribution in [2.75, 3.05) is 13.2 Å². The van der Waals surface area contributed by atoms with E-state index in [2.05, 4.69) is 45.1 Å². The quantitative estimate of drug-likeness (QED) is 0.0265. The van der Waals surface area contributed by atoms with Gasteiger partial charge in [0.2, 0.25) is 0 Å². The van der Waals surface area contributed by atoms with Gasteiger partial charge in [0.05, 0.1) is 0 Å². The average Bonchev–Trinajstić information content (AvgIpc) is 3.19. The lowest BCUT2D eigenvalue weighted by molar-refractivity contribution is -0.167. The van der Waals surface area contributed by atoms with Gasteiger partial charge in [0.1, 0.15) is 13.2 Å². The molecule has 0 rings (SSSR count). The van der Waals surface area contributed by atoms with Gasteiger partial charge in [0.25, 0.3) is 0 Å². The second kappa shape index (κ2) is 45.6. The van der Waals surface area contributed by atoms with Gasteiger partial charge in [-0.1, -0.05) is 199 Å². The Morgan fingerprint density at radius 3 is 0.946 bits per heavy atom. The Labute approximate surface area is 347 Å². The predicted molar refractivity (Wildman–Crippen MR) is 238 cm³/mol. The molecule has 0 fully saturated rings. The minimum Gasteiger partial charge on any atom is -0.462 e. The van der Waals surface area contributed by atoms with E-state index in [1.54, 1.807) is 0 Å². The summed E-state index contributed by atoms with van der Waals surface area (Å²) >= 11 is 0. The number of hydrogen-bond acceptors (Lipinski definition) is 6. The van der Waals surface area contributed by atoms with Crippen LogP contribution in [0.4, 0.5) is 0 Å². The van der Waals surface area contributed by atoms with Gasteiger partial charge >= 0.3 is 17.9 Å². The summed E-state index contributed by atoms with van der Waals surface area (Å²) in [5.74, 6) is -0.885. The molecule has 0 aromatic heterocycles. The van der Waals surface area contributed by atoms with Crippen molar-refractivity contribution in [1.29, 1.82) is 0 Å². The maximum Gasteiger partial charge on any atom is 0.306 e. The molecule has 0 aliphatic heterocycles. The molecule has 1 unspecified atom stereocenters. The Kier molecular flexibility index (Phi) is 43.9. The molecule has 328 valence electrons. The van der Waals surface area contributed by atoms with Gasteiger partial charge in [-0.25, -0.2) is 0 Å².